The average Bonchev–Trinajstić information content (AvgIpc) is 2.59. The Balaban J connectivity index is 2.98. The van der Waals surface area contributed by atoms with E-state index in [1.54, 1.807) is 0 Å². The van der Waals surface area contributed by atoms with Crippen LogP contribution in [0.2, 0.25) is 0 Å². The molecule has 4 nitrogen and oxygen atoms in total. The topological polar surface area (TPSA) is 58.2 Å². The standard InChI is InChI=1S/C19H12Br2F8N2O2/c1-7(32)30-15-11(20)3-9(5-13(15)22)17(18(24,25)26,19(27,28)29)10-4-12(21)16(14(23)6-10)31-8(2)33/h3-6H,1-2H3,(H,30,32)(H,31,33). The molecule has 0 saturated carbocycles. The molecule has 2 amide bonds. The van der Waals surface area contributed by atoms with Gasteiger partial charge in [-0.1, -0.05) is 0 Å². The summed E-state index contributed by atoms with van der Waals surface area (Å²) >= 11 is 5.34. The van der Waals surface area contributed by atoms with Gasteiger partial charge < -0.3 is 10.6 Å². The third-order valence-electron chi connectivity index (χ3n) is 4.40. The number of carbonyl (C=O) groups excluding carboxylic acids is 2. The van der Waals surface area contributed by atoms with E-state index in [1.807, 2.05) is 10.6 Å². The molecule has 0 unspecified atom stereocenters. The van der Waals surface area contributed by atoms with Gasteiger partial charge in [0.05, 0.1) is 11.4 Å². The van der Waals surface area contributed by atoms with E-state index in [9.17, 15) is 44.7 Å². The smallest absolute Gasteiger partial charge is 0.323 e. The second kappa shape index (κ2) is 9.20. The first-order valence-corrected chi connectivity index (χ1v) is 10.2. The molecule has 0 aromatic heterocycles. The highest BCUT2D eigenvalue weighted by Crippen LogP contribution is 2.57. The maximum Gasteiger partial charge on any atom is 0.411 e. The second-order valence-electron chi connectivity index (χ2n) is 6.74. The molecular formula is C19H12Br2F8N2O2. The van der Waals surface area contributed by atoms with Crippen LogP contribution in [0.15, 0.2) is 33.2 Å². The van der Waals surface area contributed by atoms with Crippen molar-refractivity contribution >= 4 is 55.0 Å². The molecule has 2 aromatic carbocycles. The molecule has 0 spiro atoms. The summed E-state index contributed by atoms with van der Waals surface area (Å²) in [6.07, 6.45) is -12.3. The number of benzene rings is 2. The summed E-state index contributed by atoms with van der Waals surface area (Å²) in [5.41, 5.74) is -9.49. The second-order valence-corrected chi connectivity index (χ2v) is 8.45. The number of alkyl halides is 6. The van der Waals surface area contributed by atoms with Gasteiger partial charge in [0.2, 0.25) is 17.2 Å². The maximum absolute atomic E-state index is 14.5. The van der Waals surface area contributed by atoms with Gasteiger partial charge in [-0.05, 0) is 67.3 Å². The predicted octanol–water partition coefficient (Wildman–Crippen LogP) is 6.82. The van der Waals surface area contributed by atoms with Gasteiger partial charge >= 0.3 is 12.4 Å². The molecule has 0 aliphatic carbocycles. The lowest BCUT2D eigenvalue weighted by Gasteiger charge is -2.38. The summed E-state index contributed by atoms with van der Waals surface area (Å²) in [6.45, 7) is 1.90. The quantitative estimate of drug-likeness (QED) is 0.373. The van der Waals surface area contributed by atoms with Gasteiger partial charge in [0.25, 0.3) is 0 Å². The summed E-state index contributed by atoms with van der Waals surface area (Å²) < 4.78 is 113. The zero-order chi connectivity index (χ0) is 25.5. The van der Waals surface area contributed by atoms with Crippen molar-refractivity contribution < 1.29 is 44.7 Å². The van der Waals surface area contributed by atoms with Gasteiger partial charge in [0.15, 0.2) is 0 Å². The number of hydrogen-bond acceptors (Lipinski definition) is 2. The van der Waals surface area contributed by atoms with Crippen LogP contribution in [0.3, 0.4) is 0 Å². The Kier molecular flexibility index (Phi) is 7.53. The van der Waals surface area contributed by atoms with E-state index in [0.717, 1.165) is 13.8 Å². The highest BCUT2D eigenvalue weighted by Gasteiger charge is 2.73. The molecule has 0 aliphatic rings. The Labute approximate surface area is 198 Å². The maximum atomic E-state index is 14.5. The van der Waals surface area contributed by atoms with Crippen LogP contribution in [0.1, 0.15) is 25.0 Å². The molecule has 0 fully saturated rings. The number of carbonyl (C=O) groups is 2. The molecule has 2 aromatic rings. The Morgan fingerprint density at radius 1 is 0.697 bits per heavy atom. The number of nitrogens with one attached hydrogen (secondary N) is 2. The fourth-order valence-electron chi connectivity index (χ4n) is 3.15. The summed E-state index contributed by atoms with van der Waals surface area (Å²) in [7, 11) is 0. The third kappa shape index (κ3) is 5.00. The fourth-order valence-corrected chi connectivity index (χ4v) is 4.22. The molecule has 0 atom stereocenters. The van der Waals surface area contributed by atoms with Crippen LogP contribution >= 0.6 is 31.9 Å². The van der Waals surface area contributed by atoms with E-state index in [0.29, 0.717) is 12.1 Å². The predicted molar refractivity (Wildman–Crippen MR) is 110 cm³/mol. The number of hydrogen-bond donors (Lipinski definition) is 2. The molecule has 0 bridgehead atoms. The Bertz CT molecular complexity index is 982. The monoisotopic (exact) mass is 610 g/mol. The average molecular weight is 612 g/mol. The first-order chi connectivity index (χ1) is 14.9. The number of amides is 2. The fraction of sp³-hybridized carbons (Fsp3) is 0.263. The molecule has 0 heterocycles. The zero-order valence-electron chi connectivity index (χ0n) is 16.4. The van der Waals surface area contributed by atoms with E-state index < -0.39 is 72.7 Å². The summed E-state index contributed by atoms with van der Waals surface area (Å²) in [6, 6.07) is 0.598. The summed E-state index contributed by atoms with van der Waals surface area (Å²) in [5, 5.41) is 3.90. The van der Waals surface area contributed by atoms with E-state index in [2.05, 4.69) is 31.9 Å². The lowest BCUT2D eigenvalue weighted by atomic mass is 9.72. The van der Waals surface area contributed by atoms with Crippen LogP contribution in [0.4, 0.5) is 46.5 Å². The number of halogens is 10. The number of rotatable bonds is 4. The SMILES string of the molecule is CC(=O)Nc1c(F)cc(C(c2cc(F)c(NC(C)=O)c(Br)c2)(C(F)(F)F)C(F)(F)F)cc1Br. The van der Waals surface area contributed by atoms with Gasteiger partial charge in [-0.15, -0.1) is 0 Å². The molecule has 0 aliphatic heterocycles. The van der Waals surface area contributed by atoms with Crippen LogP contribution in [0.25, 0.3) is 0 Å². The summed E-state index contributed by atoms with van der Waals surface area (Å²) in [5.74, 6) is -4.86. The van der Waals surface area contributed by atoms with Crippen LogP contribution in [-0.2, 0) is 15.0 Å². The molecular weight excluding hydrogens is 600 g/mol. The lowest BCUT2D eigenvalue weighted by molar-refractivity contribution is -0.288. The van der Waals surface area contributed by atoms with Gasteiger partial charge in [0.1, 0.15) is 11.6 Å². The van der Waals surface area contributed by atoms with Crippen LogP contribution < -0.4 is 10.6 Å². The molecule has 0 radical (unpaired) electrons. The van der Waals surface area contributed by atoms with Crippen molar-refractivity contribution in [3.63, 3.8) is 0 Å². The number of anilines is 2. The minimum Gasteiger partial charge on any atom is -0.323 e. The lowest BCUT2D eigenvalue weighted by Crippen LogP contribution is -2.55. The largest absolute Gasteiger partial charge is 0.411 e. The van der Waals surface area contributed by atoms with E-state index in [4.69, 9.17) is 0 Å². The van der Waals surface area contributed by atoms with Gasteiger partial charge in [-0.3, -0.25) is 9.59 Å². The van der Waals surface area contributed by atoms with Crippen LogP contribution in [-0.4, -0.2) is 24.2 Å². The first-order valence-electron chi connectivity index (χ1n) is 8.61. The molecule has 2 rings (SSSR count). The molecule has 14 heteroatoms. The van der Waals surface area contributed by atoms with Crippen molar-refractivity contribution in [2.45, 2.75) is 31.6 Å². The van der Waals surface area contributed by atoms with Crippen molar-refractivity contribution in [3.05, 3.63) is 56.0 Å². The Morgan fingerprint density at radius 3 is 1.21 bits per heavy atom. The van der Waals surface area contributed by atoms with Crippen molar-refractivity contribution in [1.29, 1.82) is 0 Å². The van der Waals surface area contributed by atoms with Crippen molar-refractivity contribution in [2.24, 2.45) is 0 Å². The highest BCUT2D eigenvalue weighted by atomic mass is 79.9. The molecule has 2 N–H and O–H groups in total. The van der Waals surface area contributed by atoms with E-state index in [1.165, 1.54) is 0 Å². The molecule has 33 heavy (non-hydrogen) atoms. The zero-order valence-corrected chi connectivity index (χ0v) is 19.6. The van der Waals surface area contributed by atoms with Crippen molar-refractivity contribution in [1.82, 2.24) is 0 Å². The minimum atomic E-state index is -6.13. The van der Waals surface area contributed by atoms with Crippen molar-refractivity contribution in [3.8, 4) is 0 Å². The third-order valence-corrected chi connectivity index (χ3v) is 5.65. The van der Waals surface area contributed by atoms with Crippen LogP contribution in [0, 0.1) is 11.6 Å². The minimum absolute atomic E-state index is 0.0371. The Hall–Kier alpha value is -2.22. The van der Waals surface area contributed by atoms with E-state index in [-0.39, 0.29) is 12.1 Å². The van der Waals surface area contributed by atoms with Gasteiger partial charge in [0, 0.05) is 22.8 Å². The van der Waals surface area contributed by atoms with Crippen molar-refractivity contribution in [2.75, 3.05) is 10.6 Å². The van der Waals surface area contributed by atoms with Gasteiger partial charge in [-0.25, -0.2) is 8.78 Å². The normalized spacial score (nSPS) is 12.5. The van der Waals surface area contributed by atoms with E-state index >= 15 is 0 Å². The Morgan fingerprint density at radius 2 is 1.00 bits per heavy atom. The first kappa shape index (κ1) is 27.0. The summed E-state index contributed by atoms with van der Waals surface area (Å²) in [4.78, 5) is 22.4. The molecule has 0 saturated heterocycles. The molecule has 180 valence electrons. The highest BCUT2D eigenvalue weighted by molar-refractivity contribution is 9.11. The van der Waals surface area contributed by atoms with Gasteiger partial charge in [-0.2, -0.15) is 26.3 Å². The van der Waals surface area contributed by atoms with Crippen LogP contribution in [0.5, 0.6) is 0 Å².